The van der Waals surface area contributed by atoms with Crippen LogP contribution < -0.4 is 5.73 Å². The molecule has 0 aliphatic rings. The van der Waals surface area contributed by atoms with Crippen LogP contribution in [-0.4, -0.2) is 29.4 Å². The minimum Gasteiger partial charge on any atom is -0.468 e. The van der Waals surface area contributed by atoms with Crippen LogP contribution in [0.4, 0.5) is 0 Å². The molecule has 0 saturated heterocycles. The van der Waals surface area contributed by atoms with E-state index < -0.39 is 5.92 Å². The van der Waals surface area contributed by atoms with E-state index in [1.54, 1.807) is 6.20 Å². The molecule has 1 aromatic heterocycles. The third-order valence-corrected chi connectivity index (χ3v) is 2.37. The molecule has 1 aromatic rings. The summed E-state index contributed by atoms with van der Waals surface area (Å²) < 4.78 is 6.55. The van der Waals surface area contributed by atoms with Gasteiger partial charge in [0.15, 0.2) is 0 Å². The first-order valence-corrected chi connectivity index (χ1v) is 5.39. The van der Waals surface area contributed by atoms with Gasteiger partial charge >= 0.3 is 5.97 Å². The highest BCUT2D eigenvalue weighted by molar-refractivity contribution is 5.77. The maximum absolute atomic E-state index is 11.5. The molecule has 0 saturated carbocycles. The van der Waals surface area contributed by atoms with Crippen molar-refractivity contribution in [2.45, 2.75) is 26.3 Å². The number of hydrogen-bond donors (Lipinski definition) is 1. The molecule has 90 valence electrons. The normalized spacial score (nSPS) is 12.8. The Labute approximate surface area is 95.6 Å². The van der Waals surface area contributed by atoms with Gasteiger partial charge in [0.05, 0.1) is 12.8 Å². The molecule has 1 unspecified atom stereocenters. The number of hydrogen-bond acceptors (Lipinski definition) is 4. The van der Waals surface area contributed by atoms with Crippen molar-refractivity contribution in [1.29, 1.82) is 0 Å². The van der Waals surface area contributed by atoms with E-state index in [0.29, 0.717) is 5.92 Å². The standard InChI is InChI=1S/C11H19N3O2/c1-8(2)7-14-10(4-5-13-14)9(6-12)11(15)16-3/h4-5,8-9H,6-7,12H2,1-3H3. The van der Waals surface area contributed by atoms with Gasteiger partial charge in [-0.1, -0.05) is 13.8 Å². The van der Waals surface area contributed by atoms with Gasteiger partial charge in [-0.15, -0.1) is 0 Å². The van der Waals surface area contributed by atoms with E-state index >= 15 is 0 Å². The van der Waals surface area contributed by atoms with Crippen molar-refractivity contribution in [3.8, 4) is 0 Å². The fourth-order valence-corrected chi connectivity index (χ4v) is 1.62. The molecule has 0 amide bonds. The van der Waals surface area contributed by atoms with E-state index in [2.05, 4.69) is 18.9 Å². The van der Waals surface area contributed by atoms with E-state index in [4.69, 9.17) is 10.5 Å². The highest BCUT2D eigenvalue weighted by Crippen LogP contribution is 2.16. The minimum absolute atomic E-state index is 0.233. The fourth-order valence-electron chi connectivity index (χ4n) is 1.62. The Morgan fingerprint density at radius 2 is 2.31 bits per heavy atom. The SMILES string of the molecule is COC(=O)C(CN)c1ccnn1CC(C)C. The van der Waals surface area contributed by atoms with Crippen LogP contribution in [0.5, 0.6) is 0 Å². The lowest BCUT2D eigenvalue weighted by atomic mass is 10.1. The molecule has 0 spiro atoms. The maximum atomic E-state index is 11.5. The van der Waals surface area contributed by atoms with Crippen molar-refractivity contribution in [3.63, 3.8) is 0 Å². The number of rotatable bonds is 5. The van der Waals surface area contributed by atoms with Crippen LogP contribution in [-0.2, 0) is 16.1 Å². The van der Waals surface area contributed by atoms with Gasteiger partial charge < -0.3 is 10.5 Å². The lowest BCUT2D eigenvalue weighted by molar-refractivity contribution is -0.142. The Morgan fingerprint density at radius 1 is 1.62 bits per heavy atom. The summed E-state index contributed by atoms with van der Waals surface area (Å²) >= 11 is 0. The zero-order chi connectivity index (χ0) is 12.1. The van der Waals surface area contributed by atoms with Crippen molar-refractivity contribution in [2.75, 3.05) is 13.7 Å². The van der Waals surface area contributed by atoms with E-state index in [9.17, 15) is 4.79 Å². The summed E-state index contributed by atoms with van der Waals surface area (Å²) in [7, 11) is 1.37. The Morgan fingerprint density at radius 3 is 2.81 bits per heavy atom. The Bertz CT molecular complexity index is 347. The number of carbonyl (C=O) groups excluding carboxylic acids is 1. The van der Waals surface area contributed by atoms with Crippen LogP contribution in [0.15, 0.2) is 12.3 Å². The molecule has 1 rings (SSSR count). The van der Waals surface area contributed by atoms with Gasteiger partial charge in [0.1, 0.15) is 5.92 Å². The summed E-state index contributed by atoms with van der Waals surface area (Å²) in [6.45, 7) is 5.20. The summed E-state index contributed by atoms with van der Waals surface area (Å²) in [5.41, 5.74) is 6.42. The third kappa shape index (κ3) is 2.82. The monoisotopic (exact) mass is 225 g/mol. The van der Waals surface area contributed by atoms with Gasteiger partial charge in [-0.05, 0) is 12.0 Å². The third-order valence-electron chi connectivity index (χ3n) is 2.37. The van der Waals surface area contributed by atoms with Crippen LogP contribution in [0.3, 0.4) is 0 Å². The van der Waals surface area contributed by atoms with Gasteiger partial charge in [0.25, 0.3) is 0 Å². The average molecular weight is 225 g/mol. The smallest absolute Gasteiger partial charge is 0.316 e. The number of nitrogens with zero attached hydrogens (tertiary/aromatic N) is 2. The summed E-state index contributed by atoms with van der Waals surface area (Å²) in [6.07, 6.45) is 1.68. The van der Waals surface area contributed by atoms with Crippen molar-refractivity contribution >= 4 is 5.97 Å². The van der Waals surface area contributed by atoms with Crippen LogP contribution in [0.25, 0.3) is 0 Å². The van der Waals surface area contributed by atoms with Gasteiger partial charge in [-0.3, -0.25) is 9.48 Å². The largest absolute Gasteiger partial charge is 0.468 e. The molecule has 0 bridgehead atoms. The Balaban J connectivity index is 2.92. The van der Waals surface area contributed by atoms with E-state index in [0.717, 1.165) is 12.2 Å². The summed E-state index contributed by atoms with van der Waals surface area (Å²) in [4.78, 5) is 11.5. The van der Waals surface area contributed by atoms with Crippen molar-refractivity contribution in [1.82, 2.24) is 9.78 Å². The number of aromatic nitrogens is 2. The van der Waals surface area contributed by atoms with Crippen molar-refractivity contribution < 1.29 is 9.53 Å². The molecule has 0 aliphatic heterocycles. The quantitative estimate of drug-likeness (QED) is 0.751. The number of esters is 1. The van der Waals surface area contributed by atoms with E-state index in [-0.39, 0.29) is 12.5 Å². The lowest BCUT2D eigenvalue weighted by Crippen LogP contribution is -2.26. The molecule has 0 fully saturated rings. The highest BCUT2D eigenvalue weighted by Gasteiger charge is 2.23. The summed E-state index contributed by atoms with van der Waals surface area (Å²) in [5.74, 6) is -0.269. The van der Waals surface area contributed by atoms with Crippen LogP contribution >= 0.6 is 0 Å². The number of methoxy groups -OCH3 is 1. The zero-order valence-corrected chi connectivity index (χ0v) is 10.0. The Kier molecular flexibility index (Phi) is 4.49. The van der Waals surface area contributed by atoms with Gasteiger partial charge in [-0.2, -0.15) is 5.10 Å². The maximum Gasteiger partial charge on any atom is 0.316 e. The topological polar surface area (TPSA) is 70.1 Å². The minimum atomic E-state index is -0.425. The molecule has 1 heterocycles. The molecule has 0 radical (unpaired) electrons. The predicted molar refractivity (Wildman–Crippen MR) is 60.9 cm³/mol. The predicted octanol–water partition coefficient (Wildman–Crippen LogP) is 0.754. The van der Waals surface area contributed by atoms with Crippen LogP contribution in [0, 0.1) is 5.92 Å². The molecular formula is C11H19N3O2. The molecule has 2 N–H and O–H groups in total. The van der Waals surface area contributed by atoms with Crippen LogP contribution in [0.1, 0.15) is 25.5 Å². The number of nitrogens with two attached hydrogens (primary N) is 1. The van der Waals surface area contributed by atoms with Crippen molar-refractivity contribution in [2.24, 2.45) is 11.7 Å². The molecule has 1 atom stereocenters. The molecule has 0 aliphatic carbocycles. The lowest BCUT2D eigenvalue weighted by Gasteiger charge is -2.15. The average Bonchev–Trinajstić information content (AvgIpc) is 2.66. The first kappa shape index (κ1) is 12.7. The van der Waals surface area contributed by atoms with Gasteiger partial charge in [0.2, 0.25) is 0 Å². The summed E-state index contributed by atoms with van der Waals surface area (Å²) in [6, 6.07) is 1.82. The van der Waals surface area contributed by atoms with Crippen LogP contribution in [0.2, 0.25) is 0 Å². The van der Waals surface area contributed by atoms with E-state index in [1.807, 2.05) is 10.7 Å². The summed E-state index contributed by atoms with van der Waals surface area (Å²) in [5, 5.41) is 4.20. The number of ether oxygens (including phenoxy) is 1. The number of carbonyl (C=O) groups is 1. The van der Waals surface area contributed by atoms with Gasteiger partial charge in [0, 0.05) is 19.3 Å². The first-order valence-electron chi connectivity index (χ1n) is 5.39. The van der Waals surface area contributed by atoms with Crippen molar-refractivity contribution in [3.05, 3.63) is 18.0 Å². The second-order valence-corrected chi connectivity index (χ2v) is 4.14. The highest BCUT2D eigenvalue weighted by atomic mass is 16.5. The molecule has 16 heavy (non-hydrogen) atoms. The molecule has 5 heteroatoms. The second kappa shape index (κ2) is 5.65. The Hall–Kier alpha value is -1.36. The zero-order valence-electron chi connectivity index (χ0n) is 10.0. The first-order chi connectivity index (χ1) is 7.60. The molecular weight excluding hydrogens is 206 g/mol. The second-order valence-electron chi connectivity index (χ2n) is 4.14. The van der Waals surface area contributed by atoms with Gasteiger partial charge in [-0.25, -0.2) is 0 Å². The fraction of sp³-hybridized carbons (Fsp3) is 0.636. The molecule has 5 nitrogen and oxygen atoms in total. The molecule has 0 aromatic carbocycles. The van der Waals surface area contributed by atoms with E-state index in [1.165, 1.54) is 7.11 Å².